The smallest absolute Gasteiger partial charge is 0.371 e. The fraction of sp³-hybridized carbons (Fsp3) is 0.0435. The number of halogens is 4. The first-order chi connectivity index (χ1) is 16.1. The summed E-state index contributed by atoms with van der Waals surface area (Å²) in [5.41, 5.74) is -3.12. The average Bonchev–Trinajstić information content (AvgIpc) is 3.15. The molecule has 0 aliphatic carbocycles. The number of fused-ring (bicyclic) bond motifs is 2. The molecule has 0 aliphatic heterocycles. The molecule has 0 aliphatic rings. The summed E-state index contributed by atoms with van der Waals surface area (Å²) in [6.07, 6.45) is 1.39. The van der Waals surface area contributed by atoms with Gasteiger partial charge < -0.3 is 4.18 Å². The predicted octanol–water partition coefficient (Wildman–Crippen LogP) is 6.10. The van der Waals surface area contributed by atoms with Crippen molar-refractivity contribution in [3.8, 4) is 28.3 Å². The second kappa shape index (κ2) is 8.00. The number of para-hydroxylation sites is 1. The van der Waals surface area contributed by atoms with Gasteiger partial charge in [-0.25, -0.2) is 9.50 Å². The molecule has 0 unspecified atom stereocenters. The van der Waals surface area contributed by atoms with E-state index in [2.05, 4.69) is 14.3 Å². The Morgan fingerprint density at radius 3 is 2.35 bits per heavy atom. The number of rotatable bonds is 4. The maximum absolute atomic E-state index is 13.0. The van der Waals surface area contributed by atoms with Crippen LogP contribution < -0.4 is 4.18 Å². The zero-order chi connectivity index (χ0) is 24.1. The first-order valence-corrected chi connectivity index (χ1v) is 11.6. The SMILES string of the molecule is O=S(=O)(Oc1c(-c2ccc(-c3ccc4ccccc4n3)cc2)nn2ccc(Cl)cc12)C(F)(F)F. The van der Waals surface area contributed by atoms with Crippen LogP contribution in [0.2, 0.25) is 5.02 Å². The second-order valence-electron chi connectivity index (χ2n) is 7.30. The Kier molecular flexibility index (Phi) is 5.22. The van der Waals surface area contributed by atoms with Crippen LogP contribution in [-0.4, -0.2) is 28.5 Å². The minimum atomic E-state index is -5.93. The third kappa shape index (κ3) is 3.95. The Hall–Kier alpha value is -3.63. The number of hydrogen-bond donors (Lipinski definition) is 0. The van der Waals surface area contributed by atoms with E-state index in [-0.39, 0.29) is 16.2 Å². The van der Waals surface area contributed by atoms with Gasteiger partial charge in [-0.1, -0.05) is 60.1 Å². The molecule has 6 nitrogen and oxygen atoms in total. The maximum atomic E-state index is 13.0. The Morgan fingerprint density at radius 2 is 1.62 bits per heavy atom. The number of aromatic nitrogens is 3. The van der Waals surface area contributed by atoms with Gasteiger partial charge in [-0.2, -0.15) is 26.7 Å². The van der Waals surface area contributed by atoms with E-state index in [0.29, 0.717) is 11.3 Å². The van der Waals surface area contributed by atoms with Crippen LogP contribution in [0.5, 0.6) is 5.75 Å². The van der Waals surface area contributed by atoms with E-state index in [1.807, 2.05) is 36.4 Å². The normalized spacial score (nSPS) is 12.4. The van der Waals surface area contributed by atoms with Gasteiger partial charge >= 0.3 is 15.6 Å². The van der Waals surface area contributed by atoms with Crippen LogP contribution in [0.3, 0.4) is 0 Å². The van der Waals surface area contributed by atoms with Gasteiger partial charge in [0.2, 0.25) is 0 Å². The van der Waals surface area contributed by atoms with Gasteiger partial charge in [0.05, 0.1) is 11.2 Å². The molecule has 2 aromatic carbocycles. The molecule has 0 saturated carbocycles. The molecule has 0 radical (unpaired) electrons. The van der Waals surface area contributed by atoms with Gasteiger partial charge in [0.15, 0.2) is 5.75 Å². The highest BCUT2D eigenvalue weighted by Crippen LogP contribution is 2.38. The van der Waals surface area contributed by atoms with Gasteiger partial charge in [0.25, 0.3) is 0 Å². The number of benzene rings is 2. The molecule has 0 N–H and O–H groups in total. The zero-order valence-electron chi connectivity index (χ0n) is 17.0. The van der Waals surface area contributed by atoms with Gasteiger partial charge in [-0.3, -0.25) is 0 Å². The van der Waals surface area contributed by atoms with Crippen LogP contribution in [0.15, 0.2) is 79.0 Å². The van der Waals surface area contributed by atoms with Gasteiger partial charge in [-0.05, 0) is 24.3 Å². The largest absolute Gasteiger partial charge is 0.534 e. The number of nitrogens with zero attached hydrogens (tertiary/aromatic N) is 3. The van der Waals surface area contributed by atoms with Crippen molar-refractivity contribution in [2.75, 3.05) is 0 Å². The molecule has 34 heavy (non-hydrogen) atoms. The topological polar surface area (TPSA) is 73.6 Å². The summed E-state index contributed by atoms with van der Waals surface area (Å²) < 4.78 is 68.3. The van der Waals surface area contributed by atoms with E-state index in [0.717, 1.165) is 16.5 Å². The van der Waals surface area contributed by atoms with E-state index in [9.17, 15) is 21.6 Å². The highest BCUT2D eigenvalue weighted by molar-refractivity contribution is 7.88. The zero-order valence-corrected chi connectivity index (χ0v) is 18.6. The molecular formula is C23H13ClF3N3O3S. The fourth-order valence-corrected chi connectivity index (χ4v) is 4.09. The molecule has 0 saturated heterocycles. The van der Waals surface area contributed by atoms with Gasteiger partial charge in [0, 0.05) is 27.7 Å². The lowest BCUT2D eigenvalue weighted by Crippen LogP contribution is -2.28. The van der Waals surface area contributed by atoms with Crippen molar-refractivity contribution >= 4 is 38.1 Å². The third-order valence-corrected chi connectivity index (χ3v) is 6.27. The van der Waals surface area contributed by atoms with E-state index >= 15 is 0 Å². The fourth-order valence-electron chi connectivity index (χ4n) is 3.45. The summed E-state index contributed by atoms with van der Waals surface area (Å²) >= 11 is 5.96. The number of alkyl halides is 3. The second-order valence-corrected chi connectivity index (χ2v) is 9.28. The van der Waals surface area contributed by atoms with Crippen LogP contribution in [0.1, 0.15) is 0 Å². The van der Waals surface area contributed by atoms with Crippen molar-refractivity contribution in [3.05, 3.63) is 84.0 Å². The lowest BCUT2D eigenvalue weighted by molar-refractivity contribution is -0.0499. The predicted molar refractivity (Wildman–Crippen MR) is 122 cm³/mol. The average molecular weight is 504 g/mol. The van der Waals surface area contributed by atoms with Crippen molar-refractivity contribution in [3.63, 3.8) is 0 Å². The molecule has 11 heteroatoms. The summed E-state index contributed by atoms with van der Waals surface area (Å²) in [4.78, 5) is 4.62. The lowest BCUT2D eigenvalue weighted by Gasteiger charge is -2.10. The molecule has 3 aromatic heterocycles. The maximum Gasteiger partial charge on any atom is 0.534 e. The first-order valence-electron chi connectivity index (χ1n) is 9.78. The highest BCUT2D eigenvalue weighted by atomic mass is 35.5. The summed E-state index contributed by atoms with van der Waals surface area (Å²) in [5.74, 6) is -0.573. The molecule has 0 amide bonds. The third-order valence-electron chi connectivity index (χ3n) is 5.08. The van der Waals surface area contributed by atoms with Crippen molar-refractivity contribution in [1.82, 2.24) is 14.6 Å². The molecular weight excluding hydrogens is 491 g/mol. The summed E-state index contributed by atoms with van der Waals surface area (Å²) in [7, 11) is -5.93. The summed E-state index contributed by atoms with van der Waals surface area (Å²) in [5, 5.41) is 5.38. The van der Waals surface area contributed by atoms with Crippen LogP contribution >= 0.6 is 11.6 Å². The Balaban J connectivity index is 1.59. The minimum Gasteiger partial charge on any atom is -0.371 e. The Labute approximate surface area is 196 Å². The highest BCUT2D eigenvalue weighted by Gasteiger charge is 2.49. The van der Waals surface area contributed by atoms with Crippen molar-refractivity contribution in [2.24, 2.45) is 0 Å². The van der Waals surface area contributed by atoms with Crippen molar-refractivity contribution < 1.29 is 25.8 Å². The quantitative estimate of drug-likeness (QED) is 0.219. The molecule has 0 atom stereocenters. The Bertz CT molecular complexity index is 1650. The molecule has 0 spiro atoms. The van der Waals surface area contributed by atoms with E-state index in [1.54, 1.807) is 24.3 Å². The summed E-state index contributed by atoms with van der Waals surface area (Å²) in [6.45, 7) is 0. The van der Waals surface area contributed by atoms with Gasteiger partial charge in [0.1, 0.15) is 11.2 Å². The van der Waals surface area contributed by atoms with E-state index < -0.39 is 21.4 Å². The molecule has 5 rings (SSSR count). The van der Waals surface area contributed by atoms with Crippen LogP contribution in [-0.2, 0) is 10.1 Å². The molecule has 5 aromatic rings. The van der Waals surface area contributed by atoms with Crippen LogP contribution in [0.25, 0.3) is 38.9 Å². The van der Waals surface area contributed by atoms with E-state index in [1.165, 1.54) is 22.8 Å². The monoisotopic (exact) mass is 503 g/mol. The van der Waals surface area contributed by atoms with Crippen LogP contribution in [0.4, 0.5) is 13.2 Å². The van der Waals surface area contributed by atoms with E-state index in [4.69, 9.17) is 11.6 Å². The molecule has 0 bridgehead atoms. The van der Waals surface area contributed by atoms with Crippen molar-refractivity contribution in [1.29, 1.82) is 0 Å². The van der Waals surface area contributed by atoms with Crippen molar-refractivity contribution in [2.45, 2.75) is 5.51 Å². The summed E-state index contributed by atoms with van der Waals surface area (Å²) in [6, 6.07) is 20.8. The first kappa shape index (κ1) is 22.2. The standard InChI is InChI=1S/C23H13ClF3N3O3S/c24-17-11-12-30-20(13-17)22(33-34(31,32)23(25,26)27)21(29-30)16-7-5-15(6-8-16)19-10-9-14-3-1-2-4-18(14)28-19/h1-13H. The molecule has 3 heterocycles. The minimum absolute atomic E-state index is 0.0319. The number of hydrogen-bond acceptors (Lipinski definition) is 5. The Morgan fingerprint density at radius 1 is 0.912 bits per heavy atom. The number of pyridine rings is 2. The van der Waals surface area contributed by atoms with Crippen LogP contribution in [0, 0.1) is 0 Å². The lowest BCUT2D eigenvalue weighted by atomic mass is 10.1. The molecule has 0 fully saturated rings. The molecule has 172 valence electrons. The van der Waals surface area contributed by atoms with Gasteiger partial charge in [-0.15, -0.1) is 0 Å².